The Labute approximate surface area is 132 Å². The molecule has 112 valence electrons. The number of aryl methyl sites for hydroxylation is 1. The van der Waals surface area contributed by atoms with E-state index >= 15 is 0 Å². The van der Waals surface area contributed by atoms with Gasteiger partial charge in [-0.2, -0.15) is 0 Å². The largest absolute Gasteiger partial charge is 0.491 e. The number of benzene rings is 2. The predicted molar refractivity (Wildman–Crippen MR) is 86.7 cm³/mol. The fourth-order valence-electron chi connectivity index (χ4n) is 1.77. The van der Waals surface area contributed by atoms with Crippen LogP contribution in [0.2, 0.25) is 0 Å². The lowest BCUT2D eigenvalue weighted by molar-refractivity contribution is 0.0624. The van der Waals surface area contributed by atoms with E-state index in [1.165, 1.54) is 0 Å². The number of hydrogen-bond donors (Lipinski definition) is 2. The zero-order valence-electron chi connectivity index (χ0n) is 11.8. The Morgan fingerprint density at radius 2 is 1.76 bits per heavy atom. The second kappa shape index (κ2) is 7.33. The molecule has 2 rings (SSSR count). The van der Waals surface area contributed by atoms with Gasteiger partial charge < -0.3 is 20.3 Å². The van der Waals surface area contributed by atoms with Crippen LogP contribution in [0.1, 0.15) is 5.56 Å². The van der Waals surface area contributed by atoms with Crippen LogP contribution in [0.4, 0.5) is 5.69 Å². The van der Waals surface area contributed by atoms with Crippen molar-refractivity contribution >= 4 is 21.6 Å². The van der Waals surface area contributed by atoms with Crippen molar-refractivity contribution in [1.82, 2.24) is 0 Å². The van der Waals surface area contributed by atoms with Crippen molar-refractivity contribution in [2.45, 2.75) is 13.0 Å². The van der Waals surface area contributed by atoms with E-state index in [-0.39, 0.29) is 13.2 Å². The molecule has 0 bridgehead atoms. The average molecular weight is 352 g/mol. The molecular formula is C16H18BrNO3. The minimum Gasteiger partial charge on any atom is -0.491 e. The number of nitrogen functional groups attached to an aromatic ring is 1. The number of halogens is 1. The van der Waals surface area contributed by atoms with E-state index < -0.39 is 6.10 Å². The molecule has 1 atom stereocenters. The quantitative estimate of drug-likeness (QED) is 0.784. The first-order valence-electron chi connectivity index (χ1n) is 6.60. The lowest BCUT2D eigenvalue weighted by Gasteiger charge is -2.15. The lowest BCUT2D eigenvalue weighted by atomic mass is 10.2. The Bertz CT molecular complexity index is 587. The molecule has 2 aromatic rings. The van der Waals surface area contributed by atoms with E-state index in [9.17, 15) is 5.11 Å². The molecule has 5 heteroatoms. The van der Waals surface area contributed by atoms with Gasteiger partial charge in [0.05, 0.1) is 0 Å². The monoisotopic (exact) mass is 351 g/mol. The van der Waals surface area contributed by atoms with Gasteiger partial charge in [0.15, 0.2) is 0 Å². The van der Waals surface area contributed by atoms with Crippen molar-refractivity contribution in [3.63, 3.8) is 0 Å². The van der Waals surface area contributed by atoms with E-state index in [1.54, 1.807) is 24.3 Å². The van der Waals surface area contributed by atoms with E-state index in [0.29, 0.717) is 11.4 Å². The van der Waals surface area contributed by atoms with Gasteiger partial charge in [0, 0.05) is 10.2 Å². The summed E-state index contributed by atoms with van der Waals surface area (Å²) in [4.78, 5) is 0. The van der Waals surface area contributed by atoms with Crippen LogP contribution >= 0.6 is 15.9 Å². The molecule has 21 heavy (non-hydrogen) atoms. The Morgan fingerprint density at radius 1 is 1.10 bits per heavy atom. The molecule has 1 unspecified atom stereocenters. The summed E-state index contributed by atoms with van der Waals surface area (Å²) >= 11 is 3.40. The second-order valence-electron chi connectivity index (χ2n) is 4.75. The number of ether oxygens (including phenoxy) is 2. The Kier molecular flexibility index (Phi) is 5.47. The summed E-state index contributed by atoms with van der Waals surface area (Å²) < 4.78 is 12.1. The van der Waals surface area contributed by atoms with Crippen molar-refractivity contribution in [1.29, 1.82) is 0 Å². The summed E-state index contributed by atoms with van der Waals surface area (Å²) in [6, 6.07) is 12.8. The number of anilines is 1. The maximum Gasteiger partial charge on any atom is 0.122 e. The van der Waals surface area contributed by atoms with Crippen LogP contribution in [-0.2, 0) is 0 Å². The summed E-state index contributed by atoms with van der Waals surface area (Å²) in [6.45, 7) is 2.30. The number of hydrogen-bond acceptors (Lipinski definition) is 4. The van der Waals surface area contributed by atoms with Crippen LogP contribution in [0.25, 0.3) is 0 Å². The van der Waals surface area contributed by atoms with Gasteiger partial charge in [-0.25, -0.2) is 0 Å². The Balaban J connectivity index is 1.79. The minimum atomic E-state index is -0.703. The molecule has 0 spiro atoms. The Morgan fingerprint density at radius 3 is 2.43 bits per heavy atom. The summed E-state index contributed by atoms with van der Waals surface area (Å²) in [5.41, 5.74) is 7.28. The van der Waals surface area contributed by atoms with Crippen molar-refractivity contribution in [3.8, 4) is 11.5 Å². The van der Waals surface area contributed by atoms with Gasteiger partial charge in [0.1, 0.15) is 30.8 Å². The highest BCUT2D eigenvalue weighted by Crippen LogP contribution is 2.22. The first-order chi connectivity index (χ1) is 10.0. The number of aliphatic hydroxyl groups excluding tert-OH is 1. The summed E-state index contributed by atoms with van der Waals surface area (Å²) in [5.74, 6) is 1.42. The van der Waals surface area contributed by atoms with Gasteiger partial charge in [-0.1, -0.05) is 15.9 Å². The third-order valence-electron chi connectivity index (χ3n) is 2.89. The van der Waals surface area contributed by atoms with E-state index in [4.69, 9.17) is 15.2 Å². The number of nitrogens with two attached hydrogens (primary N) is 1. The van der Waals surface area contributed by atoms with Crippen molar-refractivity contribution in [3.05, 3.63) is 52.5 Å². The van der Waals surface area contributed by atoms with E-state index in [2.05, 4.69) is 15.9 Å². The predicted octanol–water partition coefficient (Wildman–Crippen LogP) is 3.16. The fourth-order valence-corrected chi connectivity index (χ4v) is 2.24. The second-order valence-corrected chi connectivity index (χ2v) is 5.67. The maximum absolute atomic E-state index is 9.89. The van der Waals surface area contributed by atoms with Crippen LogP contribution in [-0.4, -0.2) is 24.4 Å². The first-order valence-corrected chi connectivity index (χ1v) is 7.39. The highest BCUT2D eigenvalue weighted by molar-refractivity contribution is 9.10. The molecule has 0 aliphatic heterocycles. The van der Waals surface area contributed by atoms with Crippen molar-refractivity contribution in [2.24, 2.45) is 0 Å². The molecule has 3 N–H and O–H groups in total. The molecule has 0 saturated heterocycles. The molecule has 2 aromatic carbocycles. The van der Waals surface area contributed by atoms with Gasteiger partial charge in [0.2, 0.25) is 0 Å². The molecule has 0 amide bonds. The third kappa shape index (κ3) is 4.95. The first kappa shape index (κ1) is 15.7. The van der Waals surface area contributed by atoms with E-state index in [0.717, 1.165) is 15.8 Å². The number of rotatable bonds is 6. The van der Waals surface area contributed by atoms with Gasteiger partial charge in [0.25, 0.3) is 0 Å². The number of aliphatic hydroxyl groups is 1. The van der Waals surface area contributed by atoms with Crippen LogP contribution in [0.5, 0.6) is 11.5 Å². The molecule has 0 aromatic heterocycles. The molecule has 0 aliphatic carbocycles. The average Bonchev–Trinajstić information content (AvgIpc) is 2.46. The van der Waals surface area contributed by atoms with Crippen molar-refractivity contribution < 1.29 is 14.6 Å². The molecule has 0 saturated carbocycles. The van der Waals surface area contributed by atoms with Gasteiger partial charge >= 0.3 is 0 Å². The SMILES string of the molecule is Cc1cc(Br)ccc1OCC(O)COc1ccc(N)cc1. The molecule has 0 fully saturated rings. The maximum atomic E-state index is 9.89. The smallest absolute Gasteiger partial charge is 0.122 e. The third-order valence-corrected chi connectivity index (χ3v) is 3.38. The fraction of sp³-hybridized carbons (Fsp3) is 0.250. The summed E-state index contributed by atoms with van der Waals surface area (Å²) in [6.07, 6.45) is -0.703. The normalized spacial score (nSPS) is 12.0. The van der Waals surface area contributed by atoms with Crippen LogP contribution in [0.3, 0.4) is 0 Å². The Hall–Kier alpha value is -1.72. The summed E-state index contributed by atoms with van der Waals surface area (Å²) in [7, 11) is 0. The van der Waals surface area contributed by atoms with Crippen molar-refractivity contribution in [2.75, 3.05) is 18.9 Å². The molecular weight excluding hydrogens is 334 g/mol. The van der Waals surface area contributed by atoms with Crippen LogP contribution in [0, 0.1) is 6.92 Å². The minimum absolute atomic E-state index is 0.166. The van der Waals surface area contributed by atoms with Gasteiger partial charge in [-0.3, -0.25) is 0 Å². The van der Waals surface area contributed by atoms with E-state index in [1.807, 2.05) is 25.1 Å². The highest BCUT2D eigenvalue weighted by atomic mass is 79.9. The molecule has 4 nitrogen and oxygen atoms in total. The van der Waals surface area contributed by atoms with Gasteiger partial charge in [-0.15, -0.1) is 0 Å². The highest BCUT2D eigenvalue weighted by Gasteiger charge is 2.08. The lowest BCUT2D eigenvalue weighted by Crippen LogP contribution is -2.25. The topological polar surface area (TPSA) is 64.7 Å². The molecule has 0 aliphatic rings. The van der Waals surface area contributed by atoms with Gasteiger partial charge in [-0.05, 0) is 55.0 Å². The zero-order chi connectivity index (χ0) is 15.2. The summed E-state index contributed by atoms with van der Waals surface area (Å²) in [5, 5.41) is 9.89. The molecule has 0 radical (unpaired) electrons. The standard InChI is InChI=1S/C16H18BrNO3/c1-11-8-12(17)2-7-16(11)21-10-14(19)9-20-15-5-3-13(18)4-6-15/h2-8,14,19H,9-10,18H2,1H3. The molecule has 0 heterocycles. The van der Waals surface area contributed by atoms with Crippen LogP contribution in [0.15, 0.2) is 46.9 Å². The zero-order valence-corrected chi connectivity index (χ0v) is 13.3. The van der Waals surface area contributed by atoms with Crippen LogP contribution < -0.4 is 15.2 Å².